The van der Waals surface area contributed by atoms with Crippen molar-refractivity contribution in [2.45, 2.75) is 0 Å². The molecule has 0 bridgehead atoms. The molecule has 0 saturated carbocycles. The minimum atomic E-state index is 0.103. The average molecular weight is 640 g/mol. The third kappa shape index (κ3) is 6.39. The molecule has 1 fully saturated rings. The summed E-state index contributed by atoms with van der Waals surface area (Å²) in [7, 11) is 1.63. The van der Waals surface area contributed by atoms with Gasteiger partial charge >= 0.3 is 0 Å². The van der Waals surface area contributed by atoms with Gasteiger partial charge in [0.25, 0.3) is 0 Å². The molecule has 0 unspecified atom stereocenters. The Balaban J connectivity index is 0.000000529. The second-order valence-electron chi connectivity index (χ2n) is 10.8. The zero-order chi connectivity index (χ0) is 32.0. The van der Waals surface area contributed by atoms with Crippen LogP contribution in [0.2, 0.25) is 0 Å². The number of para-hydroxylation sites is 2. The van der Waals surface area contributed by atoms with Gasteiger partial charge in [-0.25, -0.2) is 9.97 Å². The molecular weight excluding hydrogens is 607 g/mol. The van der Waals surface area contributed by atoms with Gasteiger partial charge in [0.1, 0.15) is 22.3 Å². The molecule has 5 aromatic carbocycles. The van der Waals surface area contributed by atoms with Gasteiger partial charge < -0.3 is 19.3 Å². The van der Waals surface area contributed by atoms with Crippen LogP contribution in [0, 0.1) is 0 Å². The van der Waals surface area contributed by atoms with Crippen LogP contribution >= 0.6 is 11.3 Å². The van der Waals surface area contributed by atoms with Crippen LogP contribution in [0.5, 0.6) is 11.5 Å². The third-order valence-electron chi connectivity index (χ3n) is 7.81. The van der Waals surface area contributed by atoms with Gasteiger partial charge in [-0.15, -0.1) is 11.3 Å². The Hall–Kier alpha value is -5.28. The second kappa shape index (κ2) is 14.0. The highest BCUT2D eigenvalue weighted by Gasteiger charge is 2.26. The van der Waals surface area contributed by atoms with Gasteiger partial charge in [-0.1, -0.05) is 91.0 Å². The lowest BCUT2D eigenvalue weighted by Crippen LogP contribution is -2.16. The van der Waals surface area contributed by atoms with Crippen LogP contribution in [0.25, 0.3) is 60.4 Å². The summed E-state index contributed by atoms with van der Waals surface area (Å²) in [5.41, 5.74) is 6.73. The second-order valence-corrected chi connectivity index (χ2v) is 11.8. The van der Waals surface area contributed by atoms with Crippen molar-refractivity contribution in [3.8, 4) is 61.7 Å². The van der Waals surface area contributed by atoms with E-state index < -0.39 is 0 Å². The summed E-state index contributed by atoms with van der Waals surface area (Å²) in [6.45, 7) is 3.11. The molecule has 1 aliphatic rings. The number of thiazole rings is 1. The van der Waals surface area contributed by atoms with Gasteiger partial charge in [-0.2, -0.15) is 0 Å². The maximum Gasteiger partial charge on any atom is 0.149 e. The van der Waals surface area contributed by atoms with E-state index >= 15 is 0 Å². The number of imidazole rings is 1. The van der Waals surface area contributed by atoms with Gasteiger partial charge in [0.2, 0.25) is 0 Å². The van der Waals surface area contributed by atoms with Crippen molar-refractivity contribution in [1.29, 1.82) is 0 Å². The van der Waals surface area contributed by atoms with Crippen molar-refractivity contribution in [1.82, 2.24) is 14.5 Å². The first kappa shape index (κ1) is 30.4. The van der Waals surface area contributed by atoms with Gasteiger partial charge in [-0.3, -0.25) is 4.57 Å². The first-order chi connectivity index (χ1) is 23.2. The minimum Gasteiger partial charge on any atom is -0.506 e. The van der Waals surface area contributed by atoms with E-state index in [0.29, 0.717) is 27.7 Å². The summed E-state index contributed by atoms with van der Waals surface area (Å²) < 4.78 is 18.8. The highest BCUT2D eigenvalue weighted by atomic mass is 32.1. The maximum atomic E-state index is 11.9. The predicted molar refractivity (Wildman–Crippen MR) is 188 cm³/mol. The van der Waals surface area contributed by atoms with Gasteiger partial charge in [0.15, 0.2) is 0 Å². The van der Waals surface area contributed by atoms with E-state index in [1.165, 1.54) is 11.3 Å². The topological polar surface area (TPSA) is 78.6 Å². The van der Waals surface area contributed by atoms with Crippen LogP contribution in [-0.4, -0.2) is 53.2 Å². The molecule has 7 nitrogen and oxygen atoms in total. The monoisotopic (exact) mass is 639 g/mol. The Morgan fingerprint density at radius 1 is 0.681 bits per heavy atom. The summed E-state index contributed by atoms with van der Waals surface area (Å²) in [5.74, 6) is 1.32. The van der Waals surface area contributed by atoms with Gasteiger partial charge in [-0.05, 0) is 36.4 Å². The molecule has 1 N–H and O–H groups in total. The maximum absolute atomic E-state index is 11.9. The lowest BCUT2D eigenvalue weighted by atomic mass is 10.0. The molecule has 0 radical (unpaired) electrons. The van der Waals surface area contributed by atoms with E-state index in [-0.39, 0.29) is 5.75 Å². The number of phenols is 1. The van der Waals surface area contributed by atoms with Gasteiger partial charge in [0.05, 0.1) is 66.3 Å². The number of fused-ring (bicyclic) bond motifs is 1. The predicted octanol–water partition coefficient (Wildman–Crippen LogP) is 8.90. The molecule has 0 aliphatic carbocycles. The summed E-state index contributed by atoms with van der Waals surface area (Å²) >= 11 is 1.54. The number of aromatic hydroxyl groups is 1. The van der Waals surface area contributed by atoms with Crippen molar-refractivity contribution < 1.29 is 19.3 Å². The lowest BCUT2D eigenvalue weighted by molar-refractivity contribution is -0.0334. The smallest absolute Gasteiger partial charge is 0.149 e. The molecule has 8 heteroatoms. The van der Waals surface area contributed by atoms with Crippen LogP contribution in [0.1, 0.15) is 0 Å². The molecule has 47 heavy (non-hydrogen) atoms. The van der Waals surface area contributed by atoms with Crippen LogP contribution in [0.15, 0.2) is 127 Å². The van der Waals surface area contributed by atoms with E-state index in [1.807, 2.05) is 91.0 Å². The fourth-order valence-corrected chi connectivity index (χ4v) is 6.56. The molecule has 1 aliphatic heterocycles. The van der Waals surface area contributed by atoms with E-state index in [4.69, 9.17) is 24.2 Å². The number of hydrogen-bond acceptors (Lipinski definition) is 7. The Morgan fingerprint density at radius 3 is 1.87 bits per heavy atom. The van der Waals surface area contributed by atoms with Crippen molar-refractivity contribution in [2.24, 2.45) is 0 Å². The Morgan fingerprint density at radius 2 is 1.26 bits per heavy atom. The first-order valence-corrected chi connectivity index (χ1v) is 16.2. The molecule has 0 amide bonds. The normalized spacial score (nSPS) is 12.8. The fourth-order valence-electron chi connectivity index (χ4n) is 5.58. The van der Waals surface area contributed by atoms with Crippen LogP contribution < -0.4 is 4.74 Å². The molecule has 0 spiro atoms. The number of hydrogen-bond donors (Lipinski definition) is 1. The van der Waals surface area contributed by atoms with Gasteiger partial charge in [0, 0.05) is 16.8 Å². The van der Waals surface area contributed by atoms with Crippen LogP contribution in [0.3, 0.4) is 0 Å². The largest absolute Gasteiger partial charge is 0.506 e. The number of methoxy groups -OCH3 is 1. The first-order valence-electron chi connectivity index (χ1n) is 15.4. The van der Waals surface area contributed by atoms with Crippen molar-refractivity contribution in [3.05, 3.63) is 127 Å². The lowest BCUT2D eigenvalue weighted by Gasteiger charge is -2.16. The standard InChI is InChI=1S/C35H25N3O2S.C4H8O2/c1-40-26-21-27(33(39)28(22-26)35-36-29-19-11-12-20-30(29)41-35)34-37-31(23-13-5-2-6-14-23)32(24-15-7-3-8-16-24)38(34)25-17-9-4-10-18-25;1-2-6-4-3-5-1/h2-22,39H,1H3;1-4H2. The average Bonchev–Trinajstić information content (AvgIpc) is 3.77. The summed E-state index contributed by atoms with van der Waals surface area (Å²) in [6.07, 6.45) is 0. The Labute approximate surface area is 277 Å². The molecule has 7 aromatic rings. The van der Waals surface area contributed by atoms with Crippen molar-refractivity contribution in [2.75, 3.05) is 33.5 Å². The quantitative estimate of drug-likeness (QED) is 0.196. The number of phenolic OH excluding ortho intramolecular Hbond substituents is 1. The highest BCUT2D eigenvalue weighted by molar-refractivity contribution is 7.21. The minimum absolute atomic E-state index is 0.103. The van der Waals surface area contributed by atoms with Crippen molar-refractivity contribution >= 4 is 21.6 Å². The Bertz CT molecular complexity index is 2050. The molecule has 8 rings (SSSR count). The summed E-state index contributed by atoms with van der Waals surface area (Å²) in [5, 5.41) is 12.6. The van der Waals surface area contributed by atoms with Crippen LogP contribution in [-0.2, 0) is 9.47 Å². The van der Waals surface area contributed by atoms with E-state index in [9.17, 15) is 5.11 Å². The fraction of sp³-hybridized carbons (Fsp3) is 0.128. The van der Waals surface area contributed by atoms with Crippen LogP contribution in [0.4, 0.5) is 0 Å². The number of ether oxygens (including phenoxy) is 3. The zero-order valence-corrected chi connectivity index (χ0v) is 26.7. The Kier molecular flexibility index (Phi) is 9.05. The molecule has 2 aromatic heterocycles. The summed E-state index contributed by atoms with van der Waals surface area (Å²) in [4.78, 5) is 10.1. The molecule has 1 saturated heterocycles. The summed E-state index contributed by atoms with van der Waals surface area (Å²) in [6, 6.07) is 42.2. The van der Waals surface area contributed by atoms with E-state index in [1.54, 1.807) is 7.11 Å². The van der Waals surface area contributed by atoms with E-state index in [2.05, 4.69) is 41.0 Å². The zero-order valence-electron chi connectivity index (χ0n) is 25.9. The number of benzene rings is 5. The third-order valence-corrected chi connectivity index (χ3v) is 8.88. The SMILES string of the molecule is C1COCCO1.COc1cc(-c2nc3ccccc3s2)c(O)c(-c2nc(-c3ccccc3)c(-c3ccccc3)n2-c2ccccc2)c1. The van der Waals surface area contributed by atoms with Crippen molar-refractivity contribution in [3.63, 3.8) is 0 Å². The number of aromatic nitrogens is 3. The molecular formula is C39H33N3O4S. The molecule has 3 heterocycles. The molecule has 0 atom stereocenters. The van der Waals surface area contributed by atoms with E-state index in [0.717, 1.165) is 64.8 Å². The number of nitrogens with zero attached hydrogens (tertiary/aromatic N) is 3. The highest BCUT2D eigenvalue weighted by Crippen LogP contribution is 2.46. The number of rotatable bonds is 6. The molecule has 234 valence electrons.